The van der Waals surface area contributed by atoms with E-state index in [4.69, 9.17) is 19.8 Å². The van der Waals surface area contributed by atoms with Crippen molar-refractivity contribution >= 4 is 34.3 Å². The maximum Gasteiger partial charge on any atom is 0.323 e. The number of benzene rings is 1. The van der Waals surface area contributed by atoms with Gasteiger partial charge in [-0.3, -0.25) is 4.98 Å². The highest BCUT2D eigenvalue weighted by atomic mass is 16.5. The van der Waals surface area contributed by atoms with Gasteiger partial charge in [0.1, 0.15) is 5.82 Å². The summed E-state index contributed by atoms with van der Waals surface area (Å²) in [6.45, 7) is 6.22. The molecule has 2 amide bonds. The van der Waals surface area contributed by atoms with Crippen LogP contribution in [0, 0.1) is 0 Å². The Morgan fingerprint density at radius 3 is 2.63 bits per heavy atom. The number of carbonyl (C=O) groups is 1. The zero-order valence-corrected chi connectivity index (χ0v) is 21.3. The monoisotopic (exact) mass is 513 g/mol. The molecule has 1 unspecified atom stereocenters. The van der Waals surface area contributed by atoms with E-state index in [-0.39, 0.29) is 12.1 Å². The van der Waals surface area contributed by atoms with Crippen LogP contribution in [0.25, 0.3) is 22.4 Å². The van der Waals surface area contributed by atoms with Crippen LogP contribution in [0.3, 0.4) is 0 Å². The maximum atomic E-state index is 12.4. The van der Waals surface area contributed by atoms with Gasteiger partial charge in [-0.05, 0) is 69.3 Å². The normalized spacial score (nSPS) is 18.4. The van der Waals surface area contributed by atoms with E-state index >= 15 is 0 Å². The van der Waals surface area contributed by atoms with Crippen molar-refractivity contribution in [1.29, 1.82) is 0 Å². The molecule has 196 valence electrons. The summed E-state index contributed by atoms with van der Waals surface area (Å²) in [5, 5.41) is 14.8. The van der Waals surface area contributed by atoms with E-state index in [1.807, 2.05) is 30.5 Å². The summed E-state index contributed by atoms with van der Waals surface area (Å²) in [6.07, 6.45) is 7.32. The molecule has 0 spiro atoms. The zero-order chi connectivity index (χ0) is 25.9. The molecular weight excluding hydrogens is 482 g/mol. The molecule has 0 bridgehead atoms. The number of aromatic nitrogens is 5. The lowest BCUT2D eigenvalue weighted by atomic mass is 10.1. The van der Waals surface area contributed by atoms with Gasteiger partial charge in [0.2, 0.25) is 0 Å². The number of hydrogen-bond acceptors (Lipinski definition) is 8. The fraction of sp³-hybridized carbons (Fsp3) is 0.370. The van der Waals surface area contributed by atoms with Gasteiger partial charge < -0.3 is 25.6 Å². The molecule has 5 heterocycles. The lowest BCUT2D eigenvalue weighted by Gasteiger charge is -2.32. The van der Waals surface area contributed by atoms with Crippen molar-refractivity contribution in [3.8, 4) is 11.4 Å². The number of morpholine rings is 1. The Balaban J connectivity index is 1.30. The molecule has 0 radical (unpaired) electrons. The average Bonchev–Trinajstić information content (AvgIpc) is 3.38. The van der Waals surface area contributed by atoms with Crippen molar-refractivity contribution in [3.05, 3.63) is 55.0 Å². The molecule has 11 nitrogen and oxygen atoms in total. The van der Waals surface area contributed by atoms with E-state index in [9.17, 15) is 4.79 Å². The number of urea groups is 1. The highest BCUT2D eigenvalue weighted by Gasteiger charge is 2.25. The van der Waals surface area contributed by atoms with Crippen LogP contribution in [0.2, 0.25) is 0 Å². The van der Waals surface area contributed by atoms with Crippen molar-refractivity contribution in [1.82, 2.24) is 30.0 Å². The lowest BCUT2D eigenvalue weighted by Crippen LogP contribution is -2.41. The summed E-state index contributed by atoms with van der Waals surface area (Å²) in [4.78, 5) is 28.7. The van der Waals surface area contributed by atoms with Gasteiger partial charge in [0, 0.05) is 30.5 Å². The summed E-state index contributed by atoms with van der Waals surface area (Å²) < 4.78 is 7.86. The van der Waals surface area contributed by atoms with Crippen molar-refractivity contribution < 1.29 is 9.53 Å². The molecule has 1 aromatic carbocycles. The van der Waals surface area contributed by atoms with E-state index in [0.717, 1.165) is 61.4 Å². The zero-order valence-electron chi connectivity index (χ0n) is 21.3. The van der Waals surface area contributed by atoms with E-state index in [0.29, 0.717) is 29.8 Å². The number of fused-ring (bicyclic) bond motifs is 1. The van der Waals surface area contributed by atoms with E-state index in [1.165, 1.54) is 0 Å². The van der Waals surface area contributed by atoms with E-state index in [2.05, 4.69) is 37.4 Å². The lowest BCUT2D eigenvalue weighted by molar-refractivity contribution is 0.0530. The Kier molecular flexibility index (Phi) is 6.84. The molecular formula is C27H31N9O2. The van der Waals surface area contributed by atoms with Gasteiger partial charge in [-0.2, -0.15) is 5.10 Å². The molecule has 3 aromatic heterocycles. The van der Waals surface area contributed by atoms with Crippen LogP contribution in [0.15, 0.2) is 55.0 Å². The van der Waals surface area contributed by atoms with Gasteiger partial charge in [0.25, 0.3) is 0 Å². The molecule has 0 aliphatic carbocycles. The van der Waals surface area contributed by atoms with Crippen LogP contribution in [0.4, 0.5) is 22.0 Å². The molecule has 2 aliphatic heterocycles. The first kappa shape index (κ1) is 24.3. The molecule has 4 aromatic rings. The molecule has 11 heteroatoms. The van der Waals surface area contributed by atoms with Crippen LogP contribution in [-0.4, -0.2) is 69.7 Å². The predicted molar refractivity (Wildman–Crippen MR) is 146 cm³/mol. The molecule has 2 aliphatic rings. The molecule has 6 rings (SSSR count). The van der Waals surface area contributed by atoms with Crippen molar-refractivity contribution in [2.45, 2.75) is 31.9 Å². The predicted octanol–water partition coefficient (Wildman–Crippen LogP) is 3.68. The first-order chi connectivity index (χ1) is 18.6. The van der Waals surface area contributed by atoms with E-state index in [1.54, 1.807) is 24.5 Å². The largest absolute Gasteiger partial charge is 0.375 e. The van der Waals surface area contributed by atoms with Crippen LogP contribution >= 0.6 is 0 Å². The van der Waals surface area contributed by atoms with Crippen molar-refractivity contribution in [2.75, 3.05) is 48.3 Å². The third-order valence-corrected chi connectivity index (χ3v) is 6.95. The first-order valence-electron chi connectivity index (χ1n) is 13.0. The number of nitrogens with zero attached hydrogens (tertiary/aromatic N) is 6. The number of piperidine rings is 1. The molecule has 2 saturated heterocycles. The number of rotatable bonds is 5. The third-order valence-electron chi connectivity index (χ3n) is 6.95. The van der Waals surface area contributed by atoms with E-state index < -0.39 is 0 Å². The van der Waals surface area contributed by atoms with Gasteiger partial charge >= 0.3 is 6.03 Å². The molecule has 0 saturated carbocycles. The fourth-order valence-corrected chi connectivity index (χ4v) is 5.04. The minimum absolute atomic E-state index is 0.125. The first-order valence-corrected chi connectivity index (χ1v) is 13.0. The Hall–Kier alpha value is -4.09. The van der Waals surface area contributed by atoms with Crippen LogP contribution in [0.5, 0.6) is 0 Å². The standard InChI is InChI=1S/C27H31N9O2/c1-18-17-35(13-14-38-18)25-23-16-30-36(22-8-11-28-12-9-22)26(23)34-24(33-25)19-4-6-20(7-5-19)31-27(37)32-21-3-2-10-29-15-21/h2-7,10,15-16,18,22,28H,8-9,11-14,17H2,1H3,(H2,31,32,37). The third kappa shape index (κ3) is 5.15. The number of hydrogen-bond donors (Lipinski definition) is 3. The number of nitrogens with one attached hydrogen (secondary N) is 3. The SMILES string of the molecule is CC1CN(c2nc(-c3ccc(NC(=O)Nc4cccnc4)cc3)nc3c2cnn3C2CCNCC2)CCO1. The minimum Gasteiger partial charge on any atom is -0.375 e. The second kappa shape index (κ2) is 10.7. The van der Waals surface area contributed by atoms with Gasteiger partial charge in [-0.1, -0.05) is 0 Å². The topological polar surface area (TPSA) is 122 Å². The smallest absolute Gasteiger partial charge is 0.323 e. The second-order valence-corrected chi connectivity index (χ2v) is 9.70. The highest BCUT2D eigenvalue weighted by Crippen LogP contribution is 2.32. The Morgan fingerprint density at radius 2 is 1.87 bits per heavy atom. The average molecular weight is 514 g/mol. The number of carbonyl (C=O) groups excluding carboxylic acids is 1. The fourth-order valence-electron chi connectivity index (χ4n) is 5.04. The number of ether oxygens (including phenoxy) is 1. The Morgan fingerprint density at radius 1 is 1.05 bits per heavy atom. The summed E-state index contributed by atoms with van der Waals surface area (Å²) in [5.74, 6) is 1.52. The van der Waals surface area contributed by atoms with Gasteiger partial charge in [0.15, 0.2) is 11.5 Å². The minimum atomic E-state index is -0.335. The number of pyridine rings is 1. The number of anilines is 3. The molecule has 38 heavy (non-hydrogen) atoms. The van der Waals surface area contributed by atoms with Gasteiger partial charge in [-0.25, -0.2) is 19.4 Å². The summed E-state index contributed by atoms with van der Waals surface area (Å²) in [5.41, 5.74) is 3.01. The highest BCUT2D eigenvalue weighted by molar-refractivity contribution is 5.99. The van der Waals surface area contributed by atoms with Crippen LogP contribution < -0.4 is 20.9 Å². The Bertz CT molecular complexity index is 1400. The summed E-state index contributed by atoms with van der Waals surface area (Å²) in [7, 11) is 0. The summed E-state index contributed by atoms with van der Waals surface area (Å²) >= 11 is 0. The van der Waals surface area contributed by atoms with Crippen LogP contribution in [-0.2, 0) is 4.74 Å². The Labute approximate surface area is 220 Å². The van der Waals surface area contributed by atoms with Crippen molar-refractivity contribution in [2.24, 2.45) is 0 Å². The number of amides is 2. The second-order valence-electron chi connectivity index (χ2n) is 9.70. The molecule has 3 N–H and O–H groups in total. The van der Waals surface area contributed by atoms with Crippen molar-refractivity contribution in [3.63, 3.8) is 0 Å². The summed E-state index contributed by atoms with van der Waals surface area (Å²) in [6, 6.07) is 11.1. The molecule has 1 atom stereocenters. The van der Waals surface area contributed by atoms with Gasteiger partial charge in [0.05, 0.1) is 42.2 Å². The molecule has 2 fully saturated rings. The van der Waals surface area contributed by atoms with Gasteiger partial charge in [-0.15, -0.1) is 0 Å². The van der Waals surface area contributed by atoms with Crippen LogP contribution in [0.1, 0.15) is 25.8 Å². The maximum absolute atomic E-state index is 12.4. The quantitative estimate of drug-likeness (QED) is 0.369.